The van der Waals surface area contributed by atoms with Crippen LogP contribution in [-0.4, -0.2) is 50.6 Å². The van der Waals surface area contributed by atoms with Crippen LogP contribution in [0.25, 0.3) is 0 Å². The Morgan fingerprint density at radius 1 is 1.50 bits per heavy atom. The lowest BCUT2D eigenvalue weighted by atomic mass is 9.99. The number of hydrogen-bond donors (Lipinski definition) is 1. The molecule has 1 aliphatic rings. The van der Waals surface area contributed by atoms with Crippen molar-refractivity contribution in [3.8, 4) is 0 Å². The highest BCUT2D eigenvalue weighted by molar-refractivity contribution is 5.84. The van der Waals surface area contributed by atoms with Crippen LogP contribution in [0.4, 0.5) is 0 Å². The monoisotopic (exact) mass is 252 g/mol. The third kappa shape index (κ3) is 2.69. The van der Waals surface area contributed by atoms with Gasteiger partial charge in [-0.15, -0.1) is 5.10 Å². The van der Waals surface area contributed by atoms with Crippen LogP contribution in [0.2, 0.25) is 0 Å². The molecule has 100 valence electrons. The second-order valence-corrected chi connectivity index (χ2v) is 4.94. The summed E-state index contributed by atoms with van der Waals surface area (Å²) >= 11 is 0. The first-order chi connectivity index (χ1) is 8.63. The summed E-state index contributed by atoms with van der Waals surface area (Å²) in [7, 11) is 0. The van der Waals surface area contributed by atoms with Gasteiger partial charge < -0.3 is 5.11 Å². The first kappa shape index (κ1) is 13.0. The fourth-order valence-electron chi connectivity index (χ4n) is 2.32. The van der Waals surface area contributed by atoms with Gasteiger partial charge in [-0.1, -0.05) is 31.9 Å². The molecule has 0 bridgehead atoms. The van der Waals surface area contributed by atoms with Crippen LogP contribution in [-0.2, 0) is 0 Å². The minimum atomic E-state index is -1.02. The number of aromatic nitrogens is 3. The van der Waals surface area contributed by atoms with E-state index < -0.39 is 5.97 Å². The molecule has 1 aliphatic heterocycles. The molecule has 0 amide bonds. The second kappa shape index (κ2) is 5.48. The Bertz CT molecular complexity index is 408. The third-order valence-corrected chi connectivity index (χ3v) is 3.71. The van der Waals surface area contributed by atoms with Crippen LogP contribution in [0.5, 0.6) is 0 Å². The Balaban J connectivity index is 1.83. The third-order valence-electron chi connectivity index (χ3n) is 3.71. The summed E-state index contributed by atoms with van der Waals surface area (Å²) < 4.78 is 1.67. The molecule has 1 N–H and O–H groups in total. The number of rotatable bonds is 6. The summed E-state index contributed by atoms with van der Waals surface area (Å²) in [4.78, 5) is 13.1. The molecular formula is C12H20N4O2. The van der Waals surface area contributed by atoms with Crippen molar-refractivity contribution in [1.82, 2.24) is 19.9 Å². The average molecular weight is 252 g/mol. The highest BCUT2D eigenvalue weighted by Gasteiger charge is 2.30. The molecule has 0 unspecified atom stereocenters. The summed E-state index contributed by atoms with van der Waals surface area (Å²) in [6, 6.07) is 0.278. The lowest BCUT2D eigenvalue weighted by Crippen LogP contribution is -2.49. The van der Waals surface area contributed by atoms with Gasteiger partial charge in [-0.2, -0.15) is 0 Å². The zero-order valence-electron chi connectivity index (χ0n) is 10.9. The minimum absolute atomic E-state index is 0.0217. The lowest BCUT2D eigenvalue weighted by Gasteiger charge is -2.40. The summed E-state index contributed by atoms with van der Waals surface area (Å²) in [6.07, 6.45) is 3.94. The Hall–Kier alpha value is -1.43. The topological polar surface area (TPSA) is 71.2 Å². The SMILES string of the molecule is CCC(CC)CN1CC(n2cc(C(=O)O)nn2)C1. The van der Waals surface area contributed by atoms with Gasteiger partial charge >= 0.3 is 5.97 Å². The molecule has 0 spiro atoms. The van der Waals surface area contributed by atoms with Crippen LogP contribution < -0.4 is 0 Å². The van der Waals surface area contributed by atoms with Crippen molar-refractivity contribution >= 4 is 5.97 Å². The number of nitrogens with zero attached hydrogens (tertiary/aromatic N) is 4. The van der Waals surface area contributed by atoms with E-state index >= 15 is 0 Å². The van der Waals surface area contributed by atoms with E-state index in [9.17, 15) is 4.79 Å². The highest BCUT2D eigenvalue weighted by Crippen LogP contribution is 2.23. The van der Waals surface area contributed by atoms with Gasteiger partial charge in [0, 0.05) is 19.6 Å². The molecule has 0 saturated carbocycles. The fourth-order valence-corrected chi connectivity index (χ4v) is 2.32. The normalized spacial score (nSPS) is 17.1. The maximum Gasteiger partial charge on any atom is 0.358 e. The van der Waals surface area contributed by atoms with E-state index in [1.54, 1.807) is 4.68 Å². The van der Waals surface area contributed by atoms with Crippen LogP contribution >= 0.6 is 0 Å². The quantitative estimate of drug-likeness (QED) is 0.825. The Labute approximate surface area is 107 Å². The molecule has 1 saturated heterocycles. The number of carboxylic acids is 1. The molecule has 1 aromatic heterocycles. The number of likely N-dealkylation sites (tertiary alicyclic amines) is 1. The van der Waals surface area contributed by atoms with Gasteiger partial charge in [-0.3, -0.25) is 4.90 Å². The molecule has 6 nitrogen and oxygen atoms in total. The summed E-state index contributed by atoms with van der Waals surface area (Å²) in [5.41, 5.74) is 0.0217. The van der Waals surface area contributed by atoms with Crippen molar-refractivity contribution in [3.05, 3.63) is 11.9 Å². The minimum Gasteiger partial charge on any atom is -0.476 e. The first-order valence-electron chi connectivity index (χ1n) is 6.51. The maximum absolute atomic E-state index is 10.7. The van der Waals surface area contributed by atoms with Crippen LogP contribution in [0.1, 0.15) is 43.2 Å². The predicted molar refractivity (Wildman–Crippen MR) is 66.5 cm³/mol. The van der Waals surface area contributed by atoms with E-state index in [-0.39, 0.29) is 11.7 Å². The van der Waals surface area contributed by atoms with Gasteiger partial charge in [0.1, 0.15) is 0 Å². The lowest BCUT2D eigenvalue weighted by molar-refractivity contribution is 0.0689. The van der Waals surface area contributed by atoms with E-state index in [1.807, 2.05) is 0 Å². The van der Waals surface area contributed by atoms with Gasteiger partial charge in [-0.05, 0) is 5.92 Å². The van der Waals surface area contributed by atoms with Crippen molar-refractivity contribution < 1.29 is 9.90 Å². The Morgan fingerprint density at radius 3 is 2.67 bits per heavy atom. The van der Waals surface area contributed by atoms with E-state index in [2.05, 4.69) is 29.1 Å². The Kier molecular flexibility index (Phi) is 3.96. The van der Waals surface area contributed by atoms with Gasteiger partial charge in [0.25, 0.3) is 0 Å². The molecule has 0 aromatic carbocycles. The van der Waals surface area contributed by atoms with Crippen molar-refractivity contribution in [1.29, 1.82) is 0 Å². The number of hydrogen-bond acceptors (Lipinski definition) is 4. The zero-order chi connectivity index (χ0) is 13.1. The van der Waals surface area contributed by atoms with Crippen molar-refractivity contribution in [2.24, 2.45) is 5.92 Å². The fraction of sp³-hybridized carbons (Fsp3) is 0.750. The second-order valence-electron chi connectivity index (χ2n) is 4.94. The van der Waals surface area contributed by atoms with Crippen LogP contribution in [0.3, 0.4) is 0 Å². The van der Waals surface area contributed by atoms with Gasteiger partial charge in [-0.25, -0.2) is 9.48 Å². The predicted octanol–water partition coefficient (Wildman–Crippen LogP) is 1.27. The molecule has 1 fully saturated rings. The maximum atomic E-state index is 10.7. The smallest absolute Gasteiger partial charge is 0.358 e. The van der Waals surface area contributed by atoms with E-state index in [4.69, 9.17) is 5.11 Å². The van der Waals surface area contributed by atoms with Crippen molar-refractivity contribution in [2.75, 3.05) is 19.6 Å². The van der Waals surface area contributed by atoms with E-state index in [0.29, 0.717) is 0 Å². The highest BCUT2D eigenvalue weighted by atomic mass is 16.4. The van der Waals surface area contributed by atoms with Gasteiger partial charge in [0.2, 0.25) is 0 Å². The first-order valence-corrected chi connectivity index (χ1v) is 6.51. The summed E-state index contributed by atoms with van der Waals surface area (Å²) in [5, 5.41) is 16.3. The number of carboxylic acid groups (broad SMARTS) is 1. The standard InChI is InChI=1S/C12H20N4O2/c1-3-9(4-2)5-15-6-10(7-15)16-8-11(12(17)18)13-14-16/h8-10H,3-7H2,1-2H3,(H,17,18). The average Bonchev–Trinajstić information content (AvgIpc) is 2.77. The number of aromatic carboxylic acids is 1. The molecule has 0 aliphatic carbocycles. The van der Waals surface area contributed by atoms with Crippen molar-refractivity contribution in [2.45, 2.75) is 32.7 Å². The molecule has 2 heterocycles. The Morgan fingerprint density at radius 2 is 2.17 bits per heavy atom. The molecular weight excluding hydrogens is 232 g/mol. The summed E-state index contributed by atoms with van der Waals surface area (Å²) in [6.45, 7) is 7.46. The van der Waals surface area contributed by atoms with Gasteiger partial charge in [0.15, 0.2) is 5.69 Å². The molecule has 18 heavy (non-hydrogen) atoms. The largest absolute Gasteiger partial charge is 0.476 e. The van der Waals surface area contributed by atoms with Gasteiger partial charge in [0.05, 0.1) is 12.2 Å². The van der Waals surface area contributed by atoms with Crippen molar-refractivity contribution in [3.63, 3.8) is 0 Å². The molecule has 0 atom stereocenters. The van der Waals surface area contributed by atoms with E-state index in [1.165, 1.54) is 19.0 Å². The molecule has 2 rings (SSSR count). The molecule has 6 heteroatoms. The molecule has 0 radical (unpaired) electrons. The number of carbonyl (C=O) groups is 1. The molecule has 1 aromatic rings. The summed E-state index contributed by atoms with van der Waals surface area (Å²) in [5.74, 6) is -0.259. The van der Waals surface area contributed by atoms with Crippen LogP contribution in [0, 0.1) is 5.92 Å². The van der Waals surface area contributed by atoms with E-state index in [0.717, 1.165) is 25.6 Å². The van der Waals surface area contributed by atoms with Crippen LogP contribution in [0.15, 0.2) is 6.20 Å². The zero-order valence-corrected chi connectivity index (χ0v) is 10.9.